The molecule has 2 aliphatic rings. The molecule has 1 atom stereocenters. The molecule has 0 aromatic heterocycles. The number of nitrogens with one attached hydrogen (secondary N) is 1. The molecule has 0 radical (unpaired) electrons. The number of hydrogen-bond donors (Lipinski definition) is 2. The molecule has 1 aromatic rings. The molecule has 0 bridgehead atoms. The van der Waals surface area contributed by atoms with Crippen LogP contribution in [0.4, 0.5) is 11.4 Å². The Morgan fingerprint density at radius 3 is 2.58 bits per heavy atom. The number of fused-ring (bicyclic) bond motifs is 1. The average molecular weight is 325 g/mol. The molecular weight excluding hydrogens is 308 g/mol. The lowest BCUT2D eigenvalue weighted by molar-refractivity contribution is -0.123. The van der Waals surface area contributed by atoms with E-state index in [1.807, 2.05) is 12.1 Å². The number of amides is 1. The van der Waals surface area contributed by atoms with Crippen LogP contribution in [0.2, 0.25) is 0 Å². The van der Waals surface area contributed by atoms with Crippen LogP contribution in [0.3, 0.4) is 0 Å². The van der Waals surface area contributed by atoms with Crippen LogP contribution in [0, 0.1) is 0 Å². The van der Waals surface area contributed by atoms with Crippen molar-refractivity contribution < 1.29 is 9.90 Å². The Hall–Kier alpha value is -1.07. The molecule has 1 fully saturated rings. The van der Waals surface area contributed by atoms with Gasteiger partial charge in [-0.3, -0.25) is 4.79 Å². The predicted octanol–water partition coefficient (Wildman–Crippen LogP) is 2.82. The van der Waals surface area contributed by atoms with Crippen LogP contribution >= 0.6 is 15.9 Å². The third kappa shape index (κ3) is 2.37. The van der Waals surface area contributed by atoms with E-state index in [0.717, 1.165) is 28.9 Å². The van der Waals surface area contributed by atoms with Gasteiger partial charge in [0, 0.05) is 28.8 Å². The Morgan fingerprint density at radius 1 is 1.21 bits per heavy atom. The van der Waals surface area contributed by atoms with E-state index in [1.165, 1.54) is 25.7 Å². The smallest absolute Gasteiger partial charge is 0.257 e. The van der Waals surface area contributed by atoms with Gasteiger partial charge in [0.1, 0.15) is 0 Å². The van der Waals surface area contributed by atoms with Gasteiger partial charge in [0.15, 0.2) is 6.10 Å². The molecule has 0 spiro atoms. The lowest BCUT2D eigenvalue weighted by Gasteiger charge is -2.24. The van der Waals surface area contributed by atoms with Crippen molar-refractivity contribution in [2.24, 2.45) is 0 Å². The van der Waals surface area contributed by atoms with Gasteiger partial charge in [-0.25, -0.2) is 0 Å². The molecule has 0 saturated carbocycles. The molecule has 1 unspecified atom stereocenters. The van der Waals surface area contributed by atoms with Gasteiger partial charge < -0.3 is 15.3 Å². The first-order valence-corrected chi connectivity index (χ1v) is 7.53. The second-order valence-corrected chi connectivity index (χ2v) is 6.04. The van der Waals surface area contributed by atoms with Gasteiger partial charge in [0.2, 0.25) is 0 Å². The molecule has 4 nitrogen and oxygen atoms in total. The fourth-order valence-electron chi connectivity index (χ4n) is 2.81. The van der Waals surface area contributed by atoms with Crippen molar-refractivity contribution in [1.29, 1.82) is 0 Å². The van der Waals surface area contributed by atoms with Crippen LogP contribution in [0.5, 0.6) is 0 Å². The molecule has 1 aromatic carbocycles. The standard InChI is InChI=1S/C14H17BrN2O2/c15-10-7-9-11(16-14(19)13(9)18)8-12(10)17-5-3-1-2-4-6-17/h7-8,13,18H,1-6H2,(H,16,19). The molecule has 1 saturated heterocycles. The van der Waals surface area contributed by atoms with Crippen LogP contribution in [0.25, 0.3) is 0 Å². The first-order chi connectivity index (χ1) is 9.16. The van der Waals surface area contributed by atoms with Crippen molar-refractivity contribution in [2.75, 3.05) is 23.3 Å². The topological polar surface area (TPSA) is 52.6 Å². The minimum atomic E-state index is -1.04. The second-order valence-electron chi connectivity index (χ2n) is 5.18. The van der Waals surface area contributed by atoms with E-state index in [1.54, 1.807) is 0 Å². The SMILES string of the molecule is O=C1Nc2cc(N3CCCCCC3)c(Br)cc2C1O. The fraction of sp³-hybridized carbons (Fsp3) is 0.500. The Balaban J connectivity index is 1.95. The maximum atomic E-state index is 11.5. The molecule has 102 valence electrons. The van der Waals surface area contributed by atoms with Gasteiger partial charge >= 0.3 is 0 Å². The summed E-state index contributed by atoms with van der Waals surface area (Å²) >= 11 is 3.57. The number of aliphatic hydroxyl groups is 1. The van der Waals surface area contributed by atoms with Crippen LogP contribution in [0.1, 0.15) is 37.4 Å². The zero-order valence-electron chi connectivity index (χ0n) is 10.7. The lowest BCUT2D eigenvalue weighted by atomic mass is 10.1. The predicted molar refractivity (Wildman–Crippen MR) is 78.4 cm³/mol. The van der Waals surface area contributed by atoms with Crippen molar-refractivity contribution in [3.05, 3.63) is 22.2 Å². The van der Waals surface area contributed by atoms with Gasteiger partial charge in [-0.15, -0.1) is 0 Å². The normalized spacial score (nSPS) is 22.9. The lowest BCUT2D eigenvalue weighted by Crippen LogP contribution is -2.24. The molecule has 2 heterocycles. The number of aliphatic hydroxyl groups excluding tert-OH is 1. The Labute approximate surface area is 120 Å². The molecule has 2 aliphatic heterocycles. The van der Waals surface area contributed by atoms with Crippen molar-refractivity contribution in [3.63, 3.8) is 0 Å². The molecule has 0 aliphatic carbocycles. The van der Waals surface area contributed by atoms with E-state index in [2.05, 4.69) is 26.1 Å². The summed E-state index contributed by atoms with van der Waals surface area (Å²) < 4.78 is 0.948. The van der Waals surface area contributed by atoms with Crippen molar-refractivity contribution >= 4 is 33.2 Å². The van der Waals surface area contributed by atoms with Crippen LogP contribution < -0.4 is 10.2 Å². The highest BCUT2D eigenvalue weighted by Gasteiger charge is 2.30. The summed E-state index contributed by atoms with van der Waals surface area (Å²) in [5.74, 6) is -0.338. The minimum absolute atomic E-state index is 0.338. The van der Waals surface area contributed by atoms with E-state index in [-0.39, 0.29) is 5.91 Å². The summed E-state index contributed by atoms with van der Waals surface area (Å²) in [4.78, 5) is 13.9. The average Bonchev–Trinajstić information content (AvgIpc) is 2.63. The van der Waals surface area contributed by atoms with Gasteiger partial charge in [0.25, 0.3) is 5.91 Å². The largest absolute Gasteiger partial charge is 0.378 e. The highest BCUT2D eigenvalue weighted by Crippen LogP contribution is 2.39. The maximum Gasteiger partial charge on any atom is 0.257 e. The number of hydrogen-bond acceptors (Lipinski definition) is 3. The summed E-state index contributed by atoms with van der Waals surface area (Å²) in [5.41, 5.74) is 2.51. The number of carbonyl (C=O) groups excluding carboxylic acids is 1. The Morgan fingerprint density at radius 2 is 1.89 bits per heavy atom. The molecule has 2 N–H and O–H groups in total. The van der Waals surface area contributed by atoms with Crippen LogP contribution in [0.15, 0.2) is 16.6 Å². The zero-order valence-corrected chi connectivity index (χ0v) is 12.2. The van der Waals surface area contributed by atoms with Gasteiger partial charge in [-0.1, -0.05) is 12.8 Å². The van der Waals surface area contributed by atoms with Crippen molar-refractivity contribution in [3.8, 4) is 0 Å². The monoisotopic (exact) mass is 324 g/mol. The highest BCUT2D eigenvalue weighted by molar-refractivity contribution is 9.10. The third-order valence-corrected chi connectivity index (χ3v) is 4.50. The van der Waals surface area contributed by atoms with Gasteiger partial charge in [-0.05, 0) is 40.9 Å². The molecule has 5 heteroatoms. The molecule has 3 rings (SSSR count). The van der Waals surface area contributed by atoms with E-state index in [0.29, 0.717) is 5.56 Å². The number of rotatable bonds is 1. The fourth-order valence-corrected chi connectivity index (χ4v) is 3.42. The number of anilines is 2. The number of nitrogens with zero attached hydrogens (tertiary/aromatic N) is 1. The van der Waals surface area contributed by atoms with Crippen molar-refractivity contribution in [2.45, 2.75) is 31.8 Å². The van der Waals surface area contributed by atoms with E-state index >= 15 is 0 Å². The Bertz CT molecular complexity index is 510. The third-order valence-electron chi connectivity index (χ3n) is 3.87. The Kier molecular flexibility index (Phi) is 3.50. The summed E-state index contributed by atoms with van der Waals surface area (Å²) in [6, 6.07) is 3.83. The van der Waals surface area contributed by atoms with Crippen LogP contribution in [-0.2, 0) is 4.79 Å². The van der Waals surface area contributed by atoms with E-state index in [9.17, 15) is 9.90 Å². The van der Waals surface area contributed by atoms with Crippen LogP contribution in [-0.4, -0.2) is 24.1 Å². The molecule has 19 heavy (non-hydrogen) atoms. The summed E-state index contributed by atoms with van der Waals surface area (Å²) in [6.07, 6.45) is 3.95. The number of benzene rings is 1. The maximum absolute atomic E-state index is 11.5. The number of carbonyl (C=O) groups is 1. The zero-order chi connectivity index (χ0) is 13.4. The minimum Gasteiger partial charge on any atom is -0.378 e. The summed E-state index contributed by atoms with van der Waals surface area (Å²) in [6.45, 7) is 2.10. The second kappa shape index (κ2) is 5.13. The van der Waals surface area contributed by atoms with Gasteiger partial charge in [-0.2, -0.15) is 0 Å². The van der Waals surface area contributed by atoms with Crippen molar-refractivity contribution in [1.82, 2.24) is 0 Å². The number of halogens is 1. The molecular formula is C14H17BrN2O2. The summed E-state index contributed by atoms with van der Waals surface area (Å²) in [5, 5.41) is 12.5. The first kappa shape index (κ1) is 12.9. The van der Waals surface area contributed by atoms with Gasteiger partial charge in [0.05, 0.1) is 5.69 Å². The first-order valence-electron chi connectivity index (χ1n) is 6.74. The van der Waals surface area contributed by atoms with E-state index in [4.69, 9.17) is 0 Å². The summed E-state index contributed by atoms with van der Waals surface area (Å²) in [7, 11) is 0. The quantitative estimate of drug-likeness (QED) is 0.835. The van der Waals surface area contributed by atoms with E-state index < -0.39 is 6.10 Å². The highest BCUT2D eigenvalue weighted by atomic mass is 79.9. The molecule has 1 amide bonds.